The van der Waals surface area contributed by atoms with Crippen LogP contribution in [0.5, 0.6) is 0 Å². The molecule has 9 nitrogen and oxygen atoms in total. The van der Waals surface area contributed by atoms with Gasteiger partial charge in [-0.1, -0.05) is 24.3 Å². The summed E-state index contributed by atoms with van der Waals surface area (Å²) in [6, 6.07) is 13.7. The number of nitrogens with two attached hydrogens (primary N) is 1. The first-order valence-electron chi connectivity index (χ1n) is 10.3. The number of nitrogen functional groups attached to an aromatic ring is 1. The number of ketones is 2. The quantitative estimate of drug-likeness (QED) is 0.222. The molecular formula is C24H20N3NaO6S. The zero-order valence-electron chi connectivity index (χ0n) is 19.3. The van der Waals surface area contributed by atoms with Crippen molar-refractivity contribution >= 4 is 50.3 Å². The Bertz CT molecular complexity index is 1470. The second-order valence-electron chi connectivity index (χ2n) is 7.68. The Morgan fingerprint density at radius 3 is 2.03 bits per heavy atom. The number of carbonyl (C=O) groups is 3. The first kappa shape index (κ1) is 26.6. The predicted molar refractivity (Wildman–Crippen MR) is 126 cm³/mol. The summed E-state index contributed by atoms with van der Waals surface area (Å²) >= 11 is 0. The smallest absolute Gasteiger partial charge is 0.744 e. The van der Waals surface area contributed by atoms with Gasteiger partial charge in [0.05, 0.1) is 27.4 Å². The molecule has 0 fully saturated rings. The summed E-state index contributed by atoms with van der Waals surface area (Å²) < 4.78 is 35.7. The molecule has 0 atom stereocenters. The Balaban J connectivity index is 0.00000342. The third kappa shape index (κ3) is 4.75. The fourth-order valence-electron chi connectivity index (χ4n) is 4.07. The van der Waals surface area contributed by atoms with Crippen LogP contribution in [0.15, 0.2) is 59.5 Å². The molecule has 1 aliphatic rings. The van der Waals surface area contributed by atoms with Gasteiger partial charge in [-0.05, 0) is 37.3 Å². The van der Waals surface area contributed by atoms with Crippen molar-refractivity contribution < 1.29 is 56.9 Å². The van der Waals surface area contributed by atoms with Gasteiger partial charge in [-0.2, -0.15) is 0 Å². The van der Waals surface area contributed by atoms with Crippen LogP contribution in [0.2, 0.25) is 0 Å². The van der Waals surface area contributed by atoms with E-state index in [4.69, 9.17) is 5.73 Å². The van der Waals surface area contributed by atoms with Gasteiger partial charge in [-0.15, -0.1) is 0 Å². The van der Waals surface area contributed by atoms with E-state index in [1.807, 2.05) is 6.92 Å². The first-order valence-corrected chi connectivity index (χ1v) is 11.7. The van der Waals surface area contributed by atoms with E-state index in [1.54, 1.807) is 41.3 Å². The molecule has 174 valence electrons. The molecular weight excluding hydrogens is 481 g/mol. The van der Waals surface area contributed by atoms with Crippen LogP contribution in [0.3, 0.4) is 0 Å². The van der Waals surface area contributed by atoms with E-state index in [9.17, 15) is 27.4 Å². The first-order chi connectivity index (χ1) is 16.0. The molecule has 1 aliphatic carbocycles. The molecule has 0 saturated carbocycles. The average molecular weight is 501 g/mol. The number of carbonyl (C=O) groups excluding carboxylic acids is 3. The summed E-state index contributed by atoms with van der Waals surface area (Å²) in [6.07, 6.45) is 0. The van der Waals surface area contributed by atoms with Crippen molar-refractivity contribution in [3.05, 3.63) is 76.9 Å². The van der Waals surface area contributed by atoms with Crippen molar-refractivity contribution in [2.75, 3.05) is 22.5 Å². The van der Waals surface area contributed by atoms with Crippen molar-refractivity contribution in [2.24, 2.45) is 0 Å². The molecule has 35 heavy (non-hydrogen) atoms. The number of hydrogen-bond donors (Lipinski definition) is 2. The Morgan fingerprint density at radius 1 is 1.00 bits per heavy atom. The molecule has 0 heterocycles. The van der Waals surface area contributed by atoms with Gasteiger partial charge in [0, 0.05) is 36.0 Å². The summed E-state index contributed by atoms with van der Waals surface area (Å²) in [5.74, 6) is -1.31. The van der Waals surface area contributed by atoms with Gasteiger partial charge in [0.25, 0.3) is 0 Å². The molecule has 4 rings (SSSR count). The number of anilines is 4. The Morgan fingerprint density at radius 2 is 1.54 bits per heavy atom. The molecule has 3 N–H and O–H groups in total. The van der Waals surface area contributed by atoms with E-state index in [0.29, 0.717) is 17.9 Å². The van der Waals surface area contributed by atoms with Crippen LogP contribution in [-0.2, 0) is 14.9 Å². The summed E-state index contributed by atoms with van der Waals surface area (Å²) in [5, 5.41) is 2.93. The summed E-state index contributed by atoms with van der Waals surface area (Å²) in [4.78, 5) is 39.0. The van der Waals surface area contributed by atoms with Crippen molar-refractivity contribution in [3.63, 3.8) is 0 Å². The standard InChI is InChI=1S/C24H21N3O6S.Na/c1-3-27(13(2)28)15-10-8-14(9-11-15)26-18-12-19(34(31,32)33)22(25)21-20(18)23(29)16-6-4-5-7-17(16)24(21)30;/h4-12,26H,3,25H2,1-2H3,(H,31,32,33);/q;+1/p-1. The summed E-state index contributed by atoms with van der Waals surface area (Å²) in [5.41, 5.74) is 6.20. The maximum atomic E-state index is 13.3. The van der Waals surface area contributed by atoms with Gasteiger partial charge < -0.3 is 20.5 Å². The fourth-order valence-corrected chi connectivity index (χ4v) is 4.70. The van der Waals surface area contributed by atoms with E-state index < -0.39 is 32.3 Å². The largest absolute Gasteiger partial charge is 1.00 e. The predicted octanol–water partition coefficient (Wildman–Crippen LogP) is 0.0687. The number of rotatable bonds is 5. The minimum atomic E-state index is -5.05. The fraction of sp³-hybridized carbons (Fsp3) is 0.125. The molecule has 0 spiro atoms. The molecule has 0 saturated heterocycles. The SMILES string of the molecule is CCN(C(C)=O)c1ccc(Nc2cc(S(=O)(=O)[O-])c(N)c3c2C(=O)c2ccccc2C3=O)cc1.[Na+]. The average Bonchev–Trinajstić information content (AvgIpc) is 2.79. The van der Waals surface area contributed by atoms with Gasteiger partial charge in [0.1, 0.15) is 10.1 Å². The molecule has 0 unspecified atom stereocenters. The van der Waals surface area contributed by atoms with E-state index in [-0.39, 0.29) is 63.4 Å². The van der Waals surface area contributed by atoms with Crippen LogP contribution in [0.4, 0.5) is 22.7 Å². The number of hydrogen-bond acceptors (Lipinski definition) is 8. The number of amides is 1. The topological polar surface area (TPSA) is 150 Å². The Labute approximate surface area is 224 Å². The zero-order chi connectivity index (χ0) is 24.8. The molecule has 0 aromatic heterocycles. The second-order valence-corrected chi connectivity index (χ2v) is 9.03. The van der Waals surface area contributed by atoms with Crippen molar-refractivity contribution in [2.45, 2.75) is 18.7 Å². The number of fused-ring (bicyclic) bond motifs is 2. The summed E-state index contributed by atoms with van der Waals surface area (Å²) in [7, 11) is -5.05. The van der Waals surface area contributed by atoms with Gasteiger partial charge in [0.15, 0.2) is 11.6 Å². The minimum Gasteiger partial charge on any atom is -0.744 e. The summed E-state index contributed by atoms with van der Waals surface area (Å²) in [6.45, 7) is 3.75. The number of nitrogens with zero attached hydrogens (tertiary/aromatic N) is 1. The van der Waals surface area contributed by atoms with Gasteiger partial charge in [-0.3, -0.25) is 14.4 Å². The van der Waals surface area contributed by atoms with E-state index >= 15 is 0 Å². The second kappa shape index (κ2) is 9.92. The third-order valence-corrected chi connectivity index (χ3v) is 6.50. The maximum absolute atomic E-state index is 13.3. The number of benzene rings is 3. The van der Waals surface area contributed by atoms with E-state index in [0.717, 1.165) is 6.07 Å². The van der Waals surface area contributed by atoms with E-state index in [2.05, 4.69) is 5.32 Å². The zero-order valence-corrected chi connectivity index (χ0v) is 22.1. The maximum Gasteiger partial charge on any atom is 1.00 e. The molecule has 3 aromatic carbocycles. The minimum absolute atomic E-state index is 0. The van der Waals surface area contributed by atoms with E-state index in [1.165, 1.54) is 19.1 Å². The molecule has 0 aliphatic heterocycles. The molecule has 11 heteroatoms. The molecule has 0 radical (unpaired) electrons. The Hall–Kier alpha value is -3.02. The van der Waals surface area contributed by atoms with Gasteiger partial charge in [-0.25, -0.2) is 8.42 Å². The molecule has 3 aromatic rings. The van der Waals surface area contributed by atoms with Crippen LogP contribution in [0, 0.1) is 0 Å². The van der Waals surface area contributed by atoms with Crippen LogP contribution < -0.4 is 45.5 Å². The van der Waals surface area contributed by atoms with Gasteiger partial charge >= 0.3 is 29.6 Å². The monoisotopic (exact) mass is 501 g/mol. The van der Waals surface area contributed by atoms with Crippen LogP contribution in [0.25, 0.3) is 0 Å². The molecule has 0 bridgehead atoms. The van der Waals surface area contributed by atoms with Crippen LogP contribution in [0.1, 0.15) is 45.7 Å². The number of nitrogens with one attached hydrogen (secondary N) is 1. The van der Waals surface area contributed by atoms with Crippen LogP contribution >= 0.6 is 0 Å². The van der Waals surface area contributed by atoms with Gasteiger partial charge in [0.2, 0.25) is 5.91 Å². The van der Waals surface area contributed by atoms with Crippen LogP contribution in [-0.4, -0.2) is 37.0 Å². The van der Waals surface area contributed by atoms with Crippen molar-refractivity contribution in [3.8, 4) is 0 Å². The van der Waals surface area contributed by atoms with Crippen molar-refractivity contribution in [1.82, 2.24) is 0 Å². The molecule has 1 amide bonds. The van der Waals surface area contributed by atoms with Crippen molar-refractivity contribution in [1.29, 1.82) is 0 Å². The Kier molecular flexibility index (Phi) is 7.53. The third-order valence-electron chi connectivity index (χ3n) is 5.62. The normalized spacial score (nSPS) is 12.3.